The predicted octanol–water partition coefficient (Wildman–Crippen LogP) is 2.90. The van der Waals surface area contributed by atoms with Gasteiger partial charge in [-0.1, -0.05) is 45.0 Å². The molecule has 0 unspecified atom stereocenters. The van der Waals surface area contributed by atoms with E-state index < -0.39 is 0 Å². The fourth-order valence-electron chi connectivity index (χ4n) is 2.70. The molecule has 0 spiro atoms. The SMILES string of the molecule is CCc1ccc(C(C)(C)CNC(=NC)NCCn2cc(C)cn2)cc1. The lowest BCUT2D eigenvalue weighted by molar-refractivity contribution is 0.506. The summed E-state index contributed by atoms with van der Waals surface area (Å²) in [5, 5.41) is 11.1. The summed E-state index contributed by atoms with van der Waals surface area (Å²) in [7, 11) is 1.80. The molecule has 0 aliphatic carbocycles. The van der Waals surface area contributed by atoms with Gasteiger partial charge in [-0.15, -0.1) is 0 Å². The highest BCUT2D eigenvalue weighted by molar-refractivity contribution is 5.79. The van der Waals surface area contributed by atoms with E-state index in [4.69, 9.17) is 0 Å². The van der Waals surface area contributed by atoms with Gasteiger partial charge in [0.2, 0.25) is 0 Å². The van der Waals surface area contributed by atoms with Crippen molar-refractivity contribution in [3.8, 4) is 0 Å². The summed E-state index contributed by atoms with van der Waals surface area (Å²) in [6.45, 7) is 11.2. The Morgan fingerprint density at radius 1 is 1.20 bits per heavy atom. The van der Waals surface area contributed by atoms with Crippen LogP contribution in [0.5, 0.6) is 0 Å². The first-order valence-corrected chi connectivity index (χ1v) is 8.97. The highest BCUT2D eigenvalue weighted by Gasteiger charge is 2.20. The monoisotopic (exact) mass is 341 g/mol. The molecule has 0 fully saturated rings. The van der Waals surface area contributed by atoms with Crippen LogP contribution in [0.25, 0.3) is 0 Å². The highest BCUT2D eigenvalue weighted by atomic mass is 15.3. The molecular formula is C20H31N5. The van der Waals surface area contributed by atoms with Crippen molar-refractivity contribution in [3.05, 3.63) is 53.3 Å². The van der Waals surface area contributed by atoms with E-state index in [1.807, 2.05) is 24.0 Å². The number of hydrogen-bond donors (Lipinski definition) is 2. The molecule has 0 aliphatic heterocycles. The molecular weight excluding hydrogens is 310 g/mol. The number of nitrogens with one attached hydrogen (secondary N) is 2. The van der Waals surface area contributed by atoms with Crippen molar-refractivity contribution in [3.63, 3.8) is 0 Å². The standard InChI is InChI=1S/C20H31N5/c1-6-17-7-9-18(10-8-17)20(3,4)15-23-19(21-5)22-11-12-25-14-16(2)13-24-25/h7-10,13-14H,6,11-12,15H2,1-5H3,(H2,21,22,23). The molecule has 0 bridgehead atoms. The van der Waals surface area contributed by atoms with E-state index in [2.05, 4.69) is 65.8 Å². The average molecular weight is 342 g/mol. The molecule has 0 saturated heterocycles. The fraction of sp³-hybridized carbons (Fsp3) is 0.500. The van der Waals surface area contributed by atoms with E-state index in [0.717, 1.165) is 32.0 Å². The molecule has 136 valence electrons. The van der Waals surface area contributed by atoms with Crippen LogP contribution >= 0.6 is 0 Å². The molecule has 0 atom stereocenters. The maximum absolute atomic E-state index is 4.31. The molecule has 0 aliphatic rings. The molecule has 1 aromatic carbocycles. The normalized spacial score (nSPS) is 12.3. The molecule has 0 radical (unpaired) electrons. The van der Waals surface area contributed by atoms with Crippen LogP contribution in [0.4, 0.5) is 0 Å². The zero-order valence-corrected chi connectivity index (χ0v) is 16.1. The van der Waals surface area contributed by atoms with E-state index in [-0.39, 0.29) is 5.41 Å². The number of benzene rings is 1. The van der Waals surface area contributed by atoms with Crippen LogP contribution in [0.15, 0.2) is 41.7 Å². The second-order valence-electron chi connectivity index (χ2n) is 7.07. The second-order valence-corrected chi connectivity index (χ2v) is 7.07. The third-order valence-corrected chi connectivity index (χ3v) is 4.46. The Balaban J connectivity index is 1.83. The third kappa shape index (κ3) is 5.62. The van der Waals surface area contributed by atoms with Gasteiger partial charge >= 0.3 is 0 Å². The molecule has 1 heterocycles. The highest BCUT2D eigenvalue weighted by Crippen LogP contribution is 2.22. The van der Waals surface area contributed by atoms with E-state index >= 15 is 0 Å². The zero-order valence-electron chi connectivity index (χ0n) is 16.1. The van der Waals surface area contributed by atoms with Crippen molar-refractivity contribution in [2.45, 2.75) is 46.1 Å². The maximum atomic E-state index is 4.31. The number of aromatic nitrogens is 2. The molecule has 0 amide bonds. The summed E-state index contributed by atoms with van der Waals surface area (Å²) in [6.07, 6.45) is 4.99. The average Bonchev–Trinajstić information content (AvgIpc) is 3.03. The van der Waals surface area contributed by atoms with Crippen molar-refractivity contribution in [2.75, 3.05) is 20.1 Å². The first-order valence-electron chi connectivity index (χ1n) is 8.97. The summed E-state index contributed by atoms with van der Waals surface area (Å²) in [6, 6.07) is 8.90. The fourth-order valence-corrected chi connectivity index (χ4v) is 2.70. The topological polar surface area (TPSA) is 54.2 Å². The van der Waals surface area contributed by atoms with Gasteiger partial charge in [0, 0.05) is 31.7 Å². The van der Waals surface area contributed by atoms with Crippen LogP contribution in [-0.2, 0) is 18.4 Å². The molecule has 25 heavy (non-hydrogen) atoms. The predicted molar refractivity (Wildman–Crippen MR) is 105 cm³/mol. The molecule has 2 N–H and O–H groups in total. The first-order chi connectivity index (χ1) is 11.9. The van der Waals surface area contributed by atoms with E-state index in [1.165, 1.54) is 16.7 Å². The van der Waals surface area contributed by atoms with Gasteiger partial charge in [-0.25, -0.2) is 0 Å². The van der Waals surface area contributed by atoms with Gasteiger partial charge in [0.1, 0.15) is 0 Å². The minimum atomic E-state index is 0.0307. The zero-order chi connectivity index (χ0) is 18.3. The Labute approximate surface area is 151 Å². The summed E-state index contributed by atoms with van der Waals surface area (Å²) >= 11 is 0. The lowest BCUT2D eigenvalue weighted by atomic mass is 9.84. The van der Waals surface area contributed by atoms with Gasteiger partial charge in [0.05, 0.1) is 12.7 Å². The molecule has 5 heteroatoms. The summed E-state index contributed by atoms with van der Waals surface area (Å²) in [5.74, 6) is 0.821. The quantitative estimate of drug-likeness (QED) is 0.601. The minimum absolute atomic E-state index is 0.0307. The molecule has 1 aromatic heterocycles. The van der Waals surface area contributed by atoms with Crippen LogP contribution in [0, 0.1) is 6.92 Å². The number of aliphatic imine (C=N–C) groups is 1. The smallest absolute Gasteiger partial charge is 0.191 e. The number of guanidine groups is 1. The summed E-state index contributed by atoms with van der Waals surface area (Å²) in [5.41, 5.74) is 3.92. The van der Waals surface area contributed by atoms with Crippen LogP contribution in [-0.4, -0.2) is 35.9 Å². The van der Waals surface area contributed by atoms with Crippen LogP contribution in [0.2, 0.25) is 0 Å². The van der Waals surface area contributed by atoms with E-state index in [9.17, 15) is 0 Å². The first kappa shape index (κ1) is 19.0. The van der Waals surface area contributed by atoms with Gasteiger partial charge in [-0.05, 0) is 30.0 Å². The van der Waals surface area contributed by atoms with Gasteiger partial charge in [-0.3, -0.25) is 9.67 Å². The molecule has 0 saturated carbocycles. The third-order valence-electron chi connectivity index (χ3n) is 4.46. The van der Waals surface area contributed by atoms with Gasteiger partial charge in [-0.2, -0.15) is 5.10 Å². The van der Waals surface area contributed by atoms with Gasteiger partial charge < -0.3 is 10.6 Å². The van der Waals surface area contributed by atoms with E-state index in [1.54, 1.807) is 7.05 Å². The molecule has 2 aromatic rings. The molecule has 2 rings (SSSR count). The summed E-state index contributed by atoms with van der Waals surface area (Å²) < 4.78 is 1.94. The van der Waals surface area contributed by atoms with Crippen LogP contribution in [0.1, 0.15) is 37.5 Å². The van der Waals surface area contributed by atoms with Crippen molar-refractivity contribution >= 4 is 5.96 Å². The second kappa shape index (κ2) is 8.70. The Morgan fingerprint density at radius 2 is 1.92 bits per heavy atom. The molecule has 5 nitrogen and oxygen atoms in total. The summed E-state index contributed by atoms with van der Waals surface area (Å²) in [4.78, 5) is 4.31. The van der Waals surface area contributed by atoms with Crippen LogP contribution in [0.3, 0.4) is 0 Å². The Kier molecular flexibility index (Phi) is 6.62. The Bertz CT molecular complexity index is 682. The number of hydrogen-bond acceptors (Lipinski definition) is 2. The van der Waals surface area contributed by atoms with E-state index in [0.29, 0.717) is 0 Å². The lowest BCUT2D eigenvalue weighted by Gasteiger charge is -2.27. The van der Waals surface area contributed by atoms with Gasteiger partial charge in [0.25, 0.3) is 0 Å². The van der Waals surface area contributed by atoms with Gasteiger partial charge in [0.15, 0.2) is 5.96 Å². The van der Waals surface area contributed by atoms with Crippen molar-refractivity contribution in [1.29, 1.82) is 0 Å². The van der Waals surface area contributed by atoms with Crippen LogP contribution < -0.4 is 10.6 Å². The number of aryl methyl sites for hydroxylation is 2. The maximum Gasteiger partial charge on any atom is 0.191 e. The van der Waals surface area contributed by atoms with Crippen molar-refractivity contribution in [2.24, 2.45) is 4.99 Å². The largest absolute Gasteiger partial charge is 0.356 e. The number of nitrogens with zero attached hydrogens (tertiary/aromatic N) is 3. The minimum Gasteiger partial charge on any atom is -0.356 e. The lowest BCUT2D eigenvalue weighted by Crippen LogP contribution is -2.44. The van der Waals surface area contributed by atoms with Crippen molar-refractivity contribution in [1.82, 2.24) is 20.4 Å². The van der Waals surface area contributed by atoms with Crippen molar-refractivity contribution < 1.29 is 0 Å². The Morgan fingerprint density at radius 3 is 2.48 bits per heavy atom. The number of rotatable bonds is 7. The Hall–Kier alpha value is -2.30.